The number of anilines is 1. The van der Waals surface area contributed by atoms with Crippen molar-refractivity contribution in [3.63, 3.8) is 0 Å². The van der Waals surface area contributed by atoms with E-state index in [9.17, 15) is 0 Å². The van der Waals surface area contributed by atoms with Crippen LogP contribution in [0.2, 0.25) is 0 Å². The molecule has 0 amide bonds. The van der Waals surface area contributed by atoms with Gasteiger partial charge in [0.05, 0.1) is 0 Å². The van der Waals surface area contributed by atoms with Gasteiger partial charge in [0.25, 0.3) is 0 Å². The molecule has 0 atom stereocenters. The Hall–Kier alpha value is -0.0600. The molecular formula is C9H10BrNS2. The van der Waals surface area contributed by atoms with Gasteiger partial charge in [-0.05, 0) is 30.0 Å². The third-order valence-electron chi connectivity index (χ3n) is 1.37. The lowest BCUT2D eigenvalue weighted by atomic mass is 10.3. The normalized spacial score (nSPS) is 9.69. The van der Waals surface area contributed by atoms with Crippen molar-refractivity contribution in [3.05, 3.63) is 28.7 Å². The van der Waals surface area contributed by atoms with Gasteiger partial charge in [-0.25, -0.2) is 0 Å². The number of rotatable bonds is 2. The van der Waals surface area contributed by atoms with Crippen LogP contribution >= 0.6 is 39.9 Å². The fraction of sp³-hybridized carbons (Fsp3) is 0.222. The Morgan fingerprint density at radius 3 is 2.62 bits per heavy atom. The van der Waals surface area contributed by atoms with Gasteiger partial charge in [-0.1, -0.05) is 46.8 Å². The van der Waals surface area contributed by atoms with E-state index in [0.29, 0.717) is 0 Å². The first-order valence-corrected chi connectivity index (χ1v) is 6.10. The summed E-state index contributed by atoms with van der Waals surface area (Å²) in [5.74, 6) is 1.00. The molecule has 4 heteroatoms. The van der Waals surface area contributed by atoms with Crippen LogP contribution in [0.4, 0.5) is 5.69 Å². The number of hydrogen-bond donors (Lipinski definition) is 1. The molecule has 1 aromatic rings. The van der Waals surface area contributed by atoms with Crippen molar-refractivity contribution in [2.75, 3.05) is 11.1 Å². The quantitative estimate of drug-likeness (QED) is 0.823. The number of benzene rings is 1. The van der Waals surface area contributed by atoms with Gasteiger partial charge >= 0.3 is 0 Å². The Bertz CT molecular complexity index is 284. The van der Waals surface area contributed by atoms with E-state index in [1.807, 2.05) is 24.3 Å². The lowest BCUT2D eigenvalue weighted by Crippen LogP contribution is -2.04. The molecule has 1 nitrogen and oxygen atoms in total. The second kappa shape index (κ2) is 5.62. The van der Waals surface area contributed by atoms with Crippen LogP contribution in [0.25, 0.3) is 0 Å². The summed E-state index contributed by atoms with van der Waals surface area (Å²) in [5.41, 5.74) is 1.04. The van der Waals surface area contributed by atoms with Gasteiger partial charge < -0.3 is 5.32 Å². The van der Waals surface area contributed by atoms with E-state index in [1.165, 1.54) is 0 Å². The van der Waals surface area contributed by atoms with Crippen molar-refractivity contribution in [2.24, 2.45) is 0 Å². The summed E-state index contributed by atoms with van der Waals surface area (Å²) in [5, 5.41) is 3.14. The zero-order valence-corrected chi connectivity index (χ0v) is 10.4. The van der Waals surface area contributed by atoms with E-state index in [1.54, 1.807) is 11.8 Å². The minimum atomic E-state index is 0.824. The second-order valence-corrected chi connectivity index (χ2v) is 5.21. The van der Waals surface area contributed by atoms with Crippen molar-refractivity contribution in [1.29, 1.82) is 0 Å². The summed E-state index contributed by atoms with van der Waals surface area (Å²) < 4.78 is 1.90. The highest BCUT2D eigenvalue weighted by atomic mass is 79.9. The van der Waals surface area contributed by atoms with Crippen molar-refractivity contribution >= 4 is 49.9 Å². The lowest BCUT2D eigenvalue weighted by Gasteiger charge is -2.05. The van der Waals surface area contributed by atoms with Crippen LogP contribution in [0.3, 0.4) is 0 Å². The Balaban J connectivity index is 2.54. The Kier molecular flexibility index (Phi) is 4.77. The molecule has 0 aromatic heterocycles. The first-order chi connectivity index (χ1) is 6.22. The topological polar surface area (TPSA) is 12.0 Å². The summed E-state index contributed by atoms with van der Waals surface area (Å²) >= 11 is 10.1. The van der Waals surface area contributed by atoms with E-state index in [4.69, 9.17) is 12.2 Å². The maximum absolute atomic E-state index is 5.11. The first kappa shape index (κ1) is 11.0. The van der Waals surface area contributed by atoms with E-state index < -0.39 is 0 Å². The van der Waals surface area contributed by atoms with Gasteiger partial charge in [-0.2, -0.15) is 0 Å². The zero-order chi connectivity index (χ0) is 9.68. The Morgan fingerprint density at radius 1 is 1.46 bits per heavy atom. The number of nitrogens with one attached hydrogen (secondary N) is 1. The molecule has 0 radical (unpaired) electrons. The minimum absolute atomic E-state index is 0.824. The molecule has 0 spiro atoms. The van der Waals surface area contributed by atoms with Crippen molar-refractivity contribution in [3.8, 4) is 0 Å². The smallest absolute Gasteiger partial charge is 0.138 e. The highest BCUT2D eigenvalue weighted by Gasteiger charge is 1.96. The molecular weight excluding hydrogens is 266 g/mol. The third-order valence-corrected chi connectivity index (χ3v) is 3.00. The molecule has 0 heterocycles. The molecule has 1 N–H and O–H groups in total. The largest absolute Gasteiger partial charge is 0.341 e. The molecule has 0 aliphatic heterocycles. The van der Waals surface area contributed by atoms with Crippen LogP contribution in [-0.2, 0) is 0 Å². The van der Waals surface area contributed by atoms with Gasteiger partial charge in [-0.3, -0.25) is 0 Å². The Labute approximate surface area is 96.4 Å². The van der Waals surface area contributed by atoms with E-state index in [0.717, 1.165) is 20.2 Å². The van der Waals surface area contributed by atoms with Crippen LogP contribution < -0.4 is 5.32 Å². The maximum Gasteiger partial charge on any atom is 0.138 e. The third kappa shape index (κ3) is 4.11. The second-order valence-electron chi connectivity index (χ2n) is 2.35. The molecule has 0 saturated heterocycles. The molecule has 0 saturated carbocycles. The highest BCUT2D eigenvalue weighted by Crippen LogP contribution is 2.15. The molecule has 0 fully saturated rings. The maximum atomic E-state index is 5.11. The van der Waals surface area contributed by atoms with Crippen LogP contribution in [0.5, 0.6) is 0 Å². The zero-order valence-electron chi connectivity index (χ0n) is 7.21. The van der Waals surface area contributed by atoms with Crippen LogP contribution in [0, 0.1) is 0 Å². The molecule has 70 valence electrons. The van der Waals surface area contributed by atoms with Gasteiger partial charge in [0.2, 0.25) is 0 Å². The monoisotopic (exact) mass is 275 g/mol. The fourth-order valence-corrected chi connectivity index (χ4v) is 2.01. The van der Waals surface area contributed by atoms with Crippen molar-refractivity contribution in [1.82, 2.24) is 0 Å². The molecule has 0 bridgehead atoms. The summed E-state index contributed by atoms with van der Waals surface area (Å²) in [4.78, 5) is 0. The highest BCUT2D eigenvalue weighted by molar-refractivity contribution is 9.10. The molecule has 1 aromatic carbocycles. The fourth-order valence-electron chi connectivity index (χ4n) is 0.818. The van der Waals surface area contributed by atoms with Gasteiger partial charge in [-0.15, -0.1) is 0 Å². The summed E-state index contributed by atoms with van der Waals surface area (Å²) in [6, 6.07) is 7.96. The SMILES string of the molecule is CCSC(=S)Nc1ccc(Br)cc1. The molecule has 0 aliphatic rings. The minimum Gasteiger partial charge on any atom is -0.341 e. The average molecular weight is 276 g/mol. The Morgan fingerprint density at radius 2 is 2.08 bits per heavy atom. The van der Waals surface area contributed by atoms with Gasteiger partial charge in [0.15, 0.2) is 0 Å². The number of hydrogen-bond acceptors (Lipinski definition) is 2. The molecule has 0 unspecified atom stereocenters. The average Bonchev–Trinajstić information content (AvgIpc) is 2.09. The van der Waals surface area contributed by atoms with Crippen LogP contribution in [-0.4, -0.2) is 10.1 Å². The molecule has 0 aliphatic carbocycles. The van der Waals surface area contributed by atoms with Gasteiger partial charge in [0, 0.05) is 10.2 Å². The number of thioether (sulfide) groups is 1. The lowest BCUT2D eigenvalue weighted by molar-refractivity contribution is 1.54. The summed E-state index contributed by atoms with van der Waals surface area (Å²) in [6.45, 7) is 2.08. The van der Waals surface area contributed by atoms with Gasteiger partial charge in [0.1, 0.15) is 4.32 Å². The van der Waals surface area contributed by atoms with Crippen LogP contribution in [0.1, 0.15) is 6.92 Å². The summed E-state index contributed by atoms with van der Waals surface area (Å²) in [6.07, 6.45) is 0. The predicted molar refractivity (Wildman–Crippen MR) is 68.5 cm³/mol. The predicted octanol–water partition coefficient (Wildman–Crippen LogP) is 3.90. The van der Waals surface area contributed by atoms with Crippen molar-refractivity contribution < 1.29 is 0 Å². The summed E-state index contributed by atoms with van der Waals surface area (Å²) in [7, 11) is 0. The van der Waals surface area contributed by atoms with E-state index in [2.05, 4.69) is 28.2 Å². The van der Waals surface area contributed by atoms with Crippen molar-refractivity contribution in [2.45, 2.75) is 6.92 Å². The standard InChI is InChI=1S/C9H10BrNS2/c1-2-13-9(12)11-8-5-3-7(10)4-6-8/h3-6H,2H2,1H3,(H,11,12). The molecule has 1 rings (SSSR count). The van der Waals surface area contributed by atoms with E-state index in [-0.39, 0.29) is 0 Å². The number of halogens is 1. The number of thiocarbonyl (C=S) groups is 1. The van der Waals surface area contributed by atoms with Crippen LogP contribution in [0.15, 0.2) is 28.7 Å². The first-order valence-electron chi connectivity index (χ1n) is 3.91. The molecule has 13 heavy (non-hydrogen) atoms. The van der Waals surface area contributed by atoms with E-state index >= 15 is 0 Å².